The van der Waals surface area contributed by atoms with Crippen LogP contribution in [0.1, 0.15) is 29.5 Å². The monoisotopic (exact) mass is 455 g/mol. The summed E-state index contributed by atoms with van der Waals surface area (Å²) < 4.78 is 10.9. The van der Waals surface area contributed by atoms with E-state index in [-0.39, 0.29) is 5.91 Å². The van der Waals surface area contributed by atoms with Gasteiger partial charge in [0.15, 0.2) is 11.5 Å². The molecule has 2 aliphatic heterocycles. The van der Waals surface area contributed by atoms with Gasteiger partial charge in [0, 0.05) is 23.9 Å². The van der Waals surface area contributed by atoms with Crippen LogP contribution in [0.25, 0.3) is 11.3 Å². The van der Waals surface area contributed by atoms with Crippen molar-refractivity contribution in [3.63, 3.8) is 0 Å². The van der Waals surface area contributed by atoms with Crippen molar-refractivity contribution in [3.05, 3.63) is 83.4 Å². The SMILES string of the molecule is COc1cc2c(cc1OC)/C(=C(/Nc1ccc(CN3CCCC3)cc1)c1ccccc1)C(=O)N2. The zero-order valence-electron chi connectivity index (χ0n) is 19.6. The molecule has 0 aliphatic carbocycles. The predicted molar refractivity (Wildman–Crippen MR) is 136 cm³/mol. The molecular formula is C28H29N3O3. The highest BCUT2D eigenvalue weighted by Crippen LogP contribution is 2.43. The molecule has 6 heteroatoms. The molecule has 0 atom stereocenters. The van der Waals surface area contributed by atoms with Crippen molar-refractivity contribution in [1.82, 2.24) is 4.90 Å². The second-order valence-electron chi connectivity index (χ2n) is 8.63. The standard InChI is InChI=1S/C28H29N3O3/c1-33-24-16-22-23(17-25(24)34-2)30-28(32)26(22)27(20-8-4-3-5-9-20)29-21-12-10-19(11-13-21)18-31-14-6-7-15-31/h3-5,8-13,16-17,29H,6-7,14-15,18H2,1-2H3,(H,30,32)/b27-26-. The van der Waals surface area contributed by atoms with Crippen LogP contribution in [0.4, 0.5) is 11.4 Å². The van der Waals surface area contributed by atoms with Crippen molar-refractivity contribution >= 4 is 28.6 Å². The van der Waals surface area contributed by atoms with Gasteiger partial charge in [-0.1, -0.05) is 42.5 Å². The quantitative estimate of drug-likeness (QED) is 0.478. The highest BCUT2D eigenvalue weighted by Gasteiger charge is 2.30. The van der Waals surface area contributed by atoms with Gasteiger partial charge in [-0.3, -0.25) is 9.69 Å². The van der Waals surface area contributed by atoms with E-state index < -0.39 is 0 Å². The summed E-state index contributed by atoms with van der Waals surface area (Å²) in [6.07, 6.45) is 2.57. The third-order valence-corrected chi connectivity index (χ3v) is 6.41. The molecular weight excluding hydrogens is 426 g/mol. The van der Waals surface area contributed by atoms with E-state index in [4.69, 9.17) is 9.47 Å². The van der Waals surface area contributed by atoms with Gasteiger partial charge in [0.1, 0.15) is 0 Å². The lowest BCUT2D eigenvalue weighted by atomic mass is 9.99. The van der Waals surface area contributed by atoms with Gasteiger partial charge >= 0.3 is 0 Å². The first-order valence-electron chi connectivity index (χ1n) is 11.6. The van der Waals surface area contributed by atoms with Crippen LogP contribution in [-0.2, 0) is 11.3 Å². The van der Waals surface area contributed by atoms with Crippen LogP contribution in [-0.4, -0.2) is 38.1 Å². The fourth-order valence-corrected chi connectivity index (χ4v) is 4.67. The number of hydrogen-bond acceptors (Lipinski definition) is 5. The van der Waals surface area contributed by atoms with E-state index in [1.807, 2.05) is 36.4 Å². The van der Waals surface area contributed by atoms with Gasteiger partial charge in [-0.2, -0.15) is 0 Å². The van der Waals surface area contributed by atoms with E-state index in [0.717, 1.165) is 29.1 Å². The van der Waals surface area contributed by atoms with E-state index in [0.29, 0.717) is 22.8 Å². The minimum atomic E-state index is -0.165. The average molecular weight is 456 g/mol. The number of nitrogens with one attached hydrogen (secondary N) is 2. The van der Waals surface area contributed by atoms with E-state index in [1.54, 1.807) is 20.3 Å². The molecule has 0 saturated carbocycles. The maximum Gasteiger partial charge on any atom is 0.258 e. The molecule has 0 spiro atoms. The van der Waals surface area contributed by atoms with Crippen LogP contribution < -0.4 is 20.1 Å². The van der Waals surface area contributed by atoms with Gasteiger partial charge in [0.2, 0.25) is 0 Å². The largest absolute Gasteiger partial charge is 0.493 e. The highest BCUT2D eigenvalue weighted by atomic mass is 16.5. The van der Waals surface area contributed by atoms with Crippen molar-refractivity contribution in [1.29, 1.82) is 0 Å². The normalized spacial score (nSPS) is 16.7. The number of carbonyl (C=O) groups excluding carboxylic acids is 1. The number of nitrogens with zero attached hydrogens (tertiary/aromatic N) is 1. The molecule has 0 aromatic heterocycles. The summed E-state index contributed by atoms with van der Waals surface area (Å²) >= 11 is 0. The summed E-state index contributed by atoms with van der Waals surface area (Å²) in [6.45, 7) is 3.32. The number of methoxy groups -OCH3 is 2. The lowest BCUT2D eigenvalue weighted by Crippen LogP contribution is -2.18. The Kier molecular flexibility index (Phi) is 6.23. The third-order valence-electron chi connectivity index (χ3n) is 6.41. The molecule has 174 valence electrons. The van der Waals surface area contributed by atoms with Crippen LogP contribution in [0.3, 0.4) is 0 Å². The molecule has 2 N–H and O–H groups in total. The van der Waals surface area contributed by atoms with Gasteiger partial charge < -0.3 is 20.1 Å². The summed E-state index contributed by atoms with van der Waals surface area (Å²) in [5.41, 5.74) is 5.95. The molecule has 3 aromatic carbocycles. The first-order valence-corrected chi connectivity index (χ1v) is 11.6. The maximum absolute atomic E-state index is 13.2. The molecule has 0 bridgehead atoms. The van der Waals surface area contributed by atoms with Crippen molar-refractivity contribution in [2.24, 2.45) is 0 Å². The van der Waals surface area contributed by atoms with Crippen molar-refractivity contribution in [2.45, 2.75) is 19.4 Å². The van der Waals surface area contributed by atoms with Crippen LogP contribution in [0, 0.1) is 0 Å². The third kappa shape index (κ3) is 4.37. The van der Waals surface area contributed by atoms with Crippen LogP contribution in [0.5, 0.6) is 11.5 Å². The van der Waals surface area contributed by atoms with E-state index in [2.05, 4.69) is 39.8 Å². The second-order valence-corrected chi connectivity index (χ2v) is 8.63. The molecule has 6 nitrogen and oxygen atoms in total. The first-order chi connectivity index (χ1) is 16.7. The molecule has 2 aliphatic rings. The molecule has 0 radical (unpaired) electrons. The average Bonchev–Trinajstić information content (AvgIpc) is 3.49. The van der Waals surface area contributed by atoms with Crippen molar-refractivity contribution in [2.75, 3.05) is 37.9 Å². The lowest BCUT2D eigenvalue weighted by Gasteiger charge is -2.17. The van der Waals surface area contributed by atoms with Gasteiger partial charge in [-0.15, -0.1) is 0 Å². The Morgan fingerprint density at radius 3 is 2.29 bits per heavy atom. The van der Waals surface area contributed by atoms with Crippen LogP contribution >= 0.6 is 0 Å². The fourth-order valence-electron chi connectivity index (χ4n) is 4.67. The summed E-state index contributed by atoms with van der Waals surface area (Å²) in [7, 11) is 3.18. The number of fused-ring (bicyclic) bond motifs is 1. The number of carbonyl (C=O) groups is 1. The van der Waals surface area contributed by atoms with Crippen LogP contribution in [0.2, 0.25) is 0 Å². The summed E-state index contributed by atoms with van der Waals surface area (Å²) in [4.78, 5) is 15.7. The predicted octanol–water partition coefficient (Wildman–Crippen LogP) is 5.23. The van der Waals surface area contributed by atoms with E-state index >= 15 is 0 Å². The zero-order valence-corrected chi connectivity index (χ0v) is 19.6. The number of likely N-dealkylation sites (tertiary alicyclic amines) is 1. The Bertz CT molecular complexity index is 1210. The minimum absolute atomic E-state index is 0.165. The first kappa shape index (κ1) is 22.0. The topological polar surface area (TPSA) is 62.8 Å². The number of amides is 1. The molecule has 1 saturated heterocycles. The Morgan fingerprint density at radius 1 is 0.941 bits per heavy atom. The molecule has 5 rings (SSSR count). The Morgan fingerprint density at radius 2 is 1.62 bits per heavy atom. The smallest absolute Gasteiger partial charge is 0.258 e. The molecule has 0 unspecified atom stereocenters. The van der Waals surface area contributed by atoms with E-state index in [9.17, 15) is 4.79 Å². The van der Waals surface area contributed by atoms with Gasteiger partial charge in [-0.25, -0.2) is 0 Å². The molecule has 2 heterocycles. The summed E-state index contributed by atoms with van der Waals surface area (Å²) in [5.74, 6) is 0.988. The summed E-state index contributed by atoms with van der Waals surface area (Å²) in [6, 6.07) is 22.0. The van der Waals surface area contributed by atoms with E-state index in [1.165, 1.54) is 31.5 Å². The minimum Gasteiger partial charge on any atom is -0.493 e. The molecule has 3 aromatic rings. The second kappa shape index (κ2) is 9.61. The van der Waals surface area contributed by atoms with Crippen molar-refractivity contribution in [3.8, 4) is 11.5 Å². The molecule has 34 heavy (non-hydrogen) atoms. The van der Waals surface area contributed by atoms with Crippen LogP contribution in [0.15, 0.2) is 66.7 Å². The fraction of sp³-hybridized carbons (Fsp3) is 0.250. The molecule has 1 amide bonds. The number of hydrogen-bond donors (Lipinski definition) is 2. The Labute approximate surface area is 200 Å². The maximum atomic E-state index is 13.2. The summed E-state index contributed by atoms with van der Waals surface area (Å²) in [5, 5.41) is 6.51. The number of anilines is 2. The number of ether oxygens (including phenoxy) is 2. The zero-order chi connectivity index (χ0) is 23.5. The van der Waals surface area contributed by atoms with Gasteiger partial charge in [0.25, 0.3) is 5.91 Å². The van der Waals surface area contributed by atoms with Gasteiger partial charge in [0.05, 0.1) is 31.2 Å². The number of benzene rings is 3. The Balaban J connectivity index is 1.53. The number of rotatable bonds is 7. The molecule has 1 fully saturated rings. The van der Waals surface area contributed by atoms with Gasteiger partial charge in [-0.05, 0) is 55.3 Å². The lowest BCUT2D eigenvalue weighted by molar-refractivity contribution is -0.110. The highest BCUT2D eigenvalue weighted by molar-refractivity contribution is 6.37. The van der Waals surface area contributed by atoms with Crippen molar-refractivity contribution < 1.29 is 14.3 Å². The Hall–Kier alpha value is -3.77.